The van der Waals surface area contributed by atoms with Gasteiger partial charge in [0.2, 0.25) is 5.91 Å². The lowest BCUT2D eigenvalue weighted by Crippen LogP contribution is -2.20. The third kappa shape index (κ3) is 9.14. The predicted octanol–water partition coefficient (Wildman–Crippen LogP) is 0.636. The van der Waals surface area contributed by atoms with Crippen LogP contribution in [0.2, 0.25) is 0 Å². The molecule has 1 N–H and O–H groups in total. The van der Waals surface area contributed by atoms with Gasteiger partial charge >= 0.3 is 0 Å². The molecule has 0 aliphatic rings. The number of nitrogens with zero attached hydrogens (tertiary/aromatic N) is 1. The first-order valence-corrected chi connectivity index (χ1v) is 4.37. The molecule has 0 radical (unpaired) electrons. The van der Waals surface area contributed by atoms with Crippen molar-refractivity contribution in [3.63, 3.8) is 0 Å². The van der Waals surface area contributed by atoms with E-state index in [2.05, 4.69) is 16.1 Å². The summed E-state index contributed by atoms with van der Waals surface area (Å²) in [5, 5.41) is 2.77. The molecule has 0 spiro atoms. The molecule has 0 atom stereocenters. The summed E-state index contributed by atoms with van der Waals surface area (Å²) in [4.78, 5) is 10.5. The molecule has 12 heavy (non-hydrogen) atoms. The minimum absolute atomic E-state index is 0.0617. The molecule has 0 aliphatic carbocycles. The number of carbonyl (C=O) groups is 1. The Morgan fingerprint density at radius 2 is 2.08 bits per heavy atom. The summed E-state index contributed by atoms with van der Waals surface area (Å²) >= 11 is 0. The predicted molar refractivity (Wildman–Crippen MR) is 50.7 cm³/mol. The zero-order chi connectivity index (χ0) is 9.40. The van der Waals surface area contributed by atoms with E-state index >= 15 is 0 Å². The first-order valence-electron chi connectivity index (χ1n) is 4.37. The van der Waals surface area contributed by atoms with Gasteiger partial charge in [-0.05, 0) is 12.8 Å². The molecule has 3 nitrogen and oxygen atoms in total. The van der Waals surface area contributed by atoms with Gasteiger partial charge in [-0.25, -0.2) is 4.58 Å². The number of amides is 1. The Labute approximate surface area is 74.5 Å². The first kappa shape index (κ1) is 11.1. The smallest absolute Gasteiger partial charge is 0.216 e. The second kappa shape index (κ2) is 6.83. The molecule has 0 aromatic carbocycles. The van der Waals surface area contributed by atoms with E-state index in [0.717, 1.165) is 25.8 Å². The van der Waals surface area contributed by atoms with Crippen molar-refractivity contribution in [2.24, 2.45) is 0 Å². The van der Waals surface area contributed by atoms with Gasteiger partial charge in [0.15, 0.2) is 0 Å². The van der Waals surface area contributed by atoms with E-state index in [1.165, 1.54) is 0 Å². The van der Waals surface area contributed by atoms with E-state index in [1.54, 1.807) is 6.92 Å². The summed E-state index contributed by atoms with van der Waals surface area (Å²) in [6.45, 7) is 2.35. The highest BCUT2D eigenvalue weighted by atomic mass is 16.2. The molecule has 0 aromatic rings. The Bertz CT molecular complexity index is 160. The summed E-state index contributed by atoms with van der Waals surface area (Å²) in [5.41, 5.74) is 0. The standard InChI is InChI=1S/C9H18N2O/c1-9(12)10-7-5-4-6-8-11(2)3/h8H,4-7H2,1-3H3/p+1/i2+1,9+1,10+1/b11-8+. The molecule has 0 unspecified atom stereocenters. The lowest BCUT2D eigenvalue weighted by atomic mass is 10.2. The van der Waals surface area contributed by atoms with E-state index in [4.69, 9.17) is 0 Å². The van der Waals surface area contributed by atoms with Crippen LogP contribution >= 0.6 is 0 Å². The van der Waals surface area contributed by atoms with Crippen LogP contribution in [0.1, 0.15) is 26.2 Å². The van der Waals surface area contributed by atoms with Crippen molar-refractivity contribution < 1.29 is 9.37 Å². The molecule has 0 aromatic heterocycles. The van der Waals surface area contributed by atoms with Crippen molar-refractivity contribution in [1.82, 2.24) is 5.32 Å². The van der Waals surface area contributed by atoms with E-state index in [1.807, 2.05) is 14.1 Å². The van der Waals surface area contributed by atoms with Crippen LogP contribution in [0.25, 0.3) is 0 Å². The van der Waals surface area contributed by atoms with Gasteiger partial charge in [-0.2, -0.15) is 0 Å². The fourth-order valence-corrected chi connectivity index (χ4v) is 0.883. The SMILES string of the molecule is C[13C](=O)[15NH]CCCC/C=[N+](/C)[13CH3]. The Morgan fingerprint density at radius 3 is 2.58 bits per heavy atom. The van der Waals surface area contributed by atoms with Gasteiger partial charge in [0, 0.05) is 19.9 Å². The van der Waals surface area contributed by atoms with E-state index in [0.29, 0.717) is 0 Å². The van der Waals surface area contributed by atoms with Gasteiger partial charge in [-0.3, -0.25) is 4.79 Å². The molecule has 70 valence electrons. The molecule has 0 bridgehead atoms. The summed E-state index contributed by atoms with van der Waals surface area (Å²) in [6, 6.07) is 0. The maximum atomic E-state index is 10.5. The summed E-state index contributed by atoms with van der Waals surface area (Å²) < 4.78 is 2.05. The third-order valence-corrected chi connectivity index (χ3v) is 1.50. The lowest BCUT2D eigenvalue weighted by Gasteiger charge is -1.98. The molecule has 0 heterocycles. The fraction of sp³-hybridized carbons (Fsp3) is 0.778. The molecule has 0 fully saturated rings. The maximum Gasteiger partial charge on any atom is 0.216 e. The highest BCUT2D eigenvalue weighted by Crippen LogP contribution is 1.90. The van der Waals surface area contributed by atoms with Gasteiger partial charge in [-0.1, -0.05) is 0 Å². The average molecular weight is 174 g/mol. The van der Waals surface area contributed by atoms with Crippen LogP contribution in [0, 0.1) is 0 Å². The van der Waals surface area contributed by atoms with Crippen LogP contribution in [0.15, 0.2) is 0 Å². The highest BCUT2D eigenvalue weighted by Gasteiger charge is 1.91. The summed E-state index contributed by atoms with van der Waals surface area (Å²) in [6.07, 6.45) is 5.43. The van der Waals surface area contributed by atoms with Crippen LogP contribution in [0.4, 0.5) is 0 Å². The van der Waals surface area contributed by atoms with Crippen molar-refractivity contribution in [3.05, 3.63) is 0 Å². The van der Waals surface area contributed by atoms with Crippen LogP contribution < -0.4 is 5.32 Å². The zero-order valence-electron chi connectivity index (χ0n) is 8.26. The fourth-order valence-electron chi connectivity index (χ4n) is 0.883. The number of nitrogens with one attached hydrogen (secondary N) is 1. The van der Waals surface area contributed by atoms with Crippen LogP contribution in [-0.2, 0) is 4.79 Å². The molecule has 0 aliphatic heterocycles. The van der Waals surface area contributed by atoms with Gasteiger partial charge < -0.3 is 5.32 Å². The van der Waals surface area contributed by atoms with Gasteiger partial charge in [0.1, 0.15) is 20.3 Å². The molecule has 0 saturated carbocycles. The Morgan fingerprint density at radius 1 is 1.42 bits per heavy atom. The van der Waals surface area contributed by atoms with Crippen LogP contribution in [0.3, 0.4) is 0 Å². The molecular formula is C9H19N2O+. The topological polar surface area (TPSA) is 32.1 Å². The van der Waals surface area contributed by atoms with E-state index < -0.39 is 0 Å². The largest absolute Gasteiger partial charge is 0.356 e. The molecule has 1 amide bonds. The monoisotopic (exact) mass is 174 g/mol. The summed E-state index contributed by atoms with van der Waals surface area (Å²) in [7, 11) is 4.04. The minimum Gasteiger partial charge on any atom is -0.356 e. The second-order valence-corrected chi connectivity index (χ2v) is 3.12. The van der Waals surface area contributed by atoms with Crippen molar-refractivity contribution in [3.8, 4) is 0 Å². The summed E-state index contributed by atoms with van der Waals surface area (Å²) in [5.74, 6) is 0.0617. The van der Waals surface area contributed by atoms with Crippen molar-refractivity contribution in [2.45, 2.75) is 26.2 Å². The number of carbonyl (C=O) groups excluding carboxylic acids is 1. The molecule has 3 heteroatoms. The maximum absolute atomic E-state index is 10.5. The minimum atomic E-state index is 0.0617. The normalized spacial score (nSPS) is 11.4. The highest BCUT2D eigenvalue weighted by molar-refractivity contribution is 5.72. The van der Waals surface area contributed by atoms with E-state index in [-0.39, 0.29) is 5.91 Å². The van der Waals surface area contributed by atoms with Gasteiger partial charge in [-0.15, -0.1) is 0 Å². The molecule has 0 rings (SSSR count). The van der Waals surface area contributed by atoms with Crippen molar-refractivity contribution in [1.29, 1.82) is 0 Å². The van der Waals surface area contributed by atoms with Crippen molar-refractivity contribution >= 4 is 12.1 Å². The van der Waals surface area contributed by atoms with E-state index in [9.17, 15) is 4.79 Å². The van der Waals surface area contributed by atoms with Gasteiger partial charge in [0.25, 0.3) is 0 Å². The Kier molecular flexibility index (Phi) is 6.34. The third-order valence-electron chi connectivity index (χ3n) is 1.50. The molecular weight excluding hydrogens is 155 g/mol. The number of rotatable bonds is 5. The quantitative estimate of drug-likeness (QED) is 0.214. The Hall–Kier alpha value is -0.860. The number of hydrogen-bond acceptors (Lipinski definition) is 1. The average Bonchev–Trinajstić information content (AvgIpc) is 1.95. The second-order valence-electron chi connectivity index (χ2n) is 3.12. The Balaban J connectivity index is 3.11. The van der Waals surface area contributed by atoms with Gasteiger partial charge in [0.05, 0.1) is 0 Å². The number of hydrogen-bond donors (Lipinski definition) is 1. The van der Waals surface area contributed by atoms with Crippen LogP contribution in [0.5, 0.6) is 0 Å². The first-order chi connectivity index (χ1) is 5.63. The number of unbranched alkanes of at least 4 members (excludes halogenated alkanes) is 2. The molecule has 0 saturated heterocycles. The van der Waals surface area contributed by atoms with Crippen molar-refractivity contribution in [2.75, 3.05) is 20.6 Å². The van der Waals surface area contributed by atoms with Crippen LogP contribution in [-0.4, -0.2) is 37.3 Å². The zero-order valence-corrected chi connectivity index (χ0v) is 8.26. The lowest BCUT2D eigenvalue weighted by molar-refractivity contribution is -0.460.